The number of halogens is 3. The van der Waals surface area contributed by atoms with E-state index in [1.54, 1.807) is 6.07 Å². The standard InChI is InChI=1S/C12H17Br2FSi/c1-4-16(5-2,6-3)12-10(14)8-7-9(13)11(12)15/h7-8H,4-6H2,1-3H3. The summed E-state index contributed by atoms with van der Waals surface area (Å²) in [6, 6.07) is 6.98. The van der Waals surface area contributed by atoms with Crippen LogP contribution in [0, 0.1) is 5.82 Å². The Morgan fingerprint density at radius 3 is 1.88 bits per heavy atom. The predicted molar refractivity (Wildman–Crippen MR) is 78.6 cm³/mol. The Kier molecular flexibility index (Phi) is 5.20. The first-order valence-electron chi connectivity index (χ1n) is 5.66. The van der Waals surface area contributed by atoms with Gasteiger partial charge < -0.3 is 0 Å². The van der Waals surface area contributed by atoms with Crippen molar-refractivity contribution in [3.05, 3.63) is 26.9 Å². The zero-order valence-electron chi connectivity index (χ0n) is 9.91. The van der Waals surface area contributed by atoms with Crippen LogP contribution in [0.5, 0.6) is 0 Å². The lowest BCUT2D eigenvalue weighted by molar-refractivity contribution is 0.627. The van der Waals surface area contributed by atoms with Gasteiger partial charge in [-0.3, -0.25) is 0 Å². The van der Waals surface area contributed by atoms with Crippen LogP contribution < -0.4 is 5.19 Å². The Labute approximate surface area is 115 Å². The van der Waals surface area contributed by atoms with E-state index in [1.165, 1.54) is 0 Å². The molecule has 1 rings (SSSR count). The molecule has 0 fully saturated rings. The summed E-state index contributed by atoms with van der Waals surface area (Å²) in [5, 5.41) is 0.953. The average molecular weight is 368 g/mol. The van der Waals surface area contributed by atoms with Crippen LogP contribution in [0.4, 0.5) is 4.39 Å². The van der Waals surface area contributed by atoms with Crippen molar-refractivity contribution in [2.75, 3.05) is 0 Å². The zero-order valence-corrected chi connectivity index (χ0v) is 14.1. The molecule has 0 aliphatic heterocycles. The Morgan fingerprint density at radius 2 is 1.44 bits per heavy atom. The van der Waals surface area contributed by atoms with Crippen molar-refractivity contribution in [3.8, 4) is 0 Å². The van der Waals surface area contributed by atoms with Gasteiger partial charge in [-0.1, -0.05) is 54.8 Å². The molecule has 0 bridgehead atoms. The fourth-order valence-electron chi connectivity index (χ4n) is 2.29. The highest BCUT2D eigenvalue weighted by Crippen LogP contribution is 2.28. The highest BCUT2D eigenvalue weighted by Gasteiger charge is 2.34. The van der Waals surface area contributed by atoms with Gasteiger partial charge in [-0.2, -0.15) is 0 Å². The third kappa shape index (κ3) is 2.43. The quantitative estimate of drug-likeness (QED) is 0.515. The molecule has 16 heavy (non-hydrogen) atoms. The smallest absolute Gasteiger partial charge is 0.137 e. The fraction of sp³-hybridized carbons (Fsp3) is 0.500. The lowest BCUT2D eigenvalue weighted by Crippen LogP contribution is -2.48. The largest absolute Gasteiger partial charge is 0.206 e. The van der Waals surface area contributed by atoms with Gasteiger partial charge in [-0.25, -0.2) is 4.39 Å². The van der Waals surface area contributed by atoms with E-state index in [0.29, 0.717) is 4.47 Å². The molecule has 0 nitrogen and oxygen atoms in total. The SMILES string of the molecule is CC[Si](CC)(CC)c1c(Br)ccc(Br)c1F. The Bertz CT molecular complexity index is 367. The monoisotopic (exact) mass is 366 g/mol. The van der Waals surface area contributed by atoms with E-state index in [0.717, 1.165) is 27.8 Å². The van der Waals surface area contributed by atoms with Gasteiger partial charge in [0.1, 0.15) is 5.82 Å². The normalized spacial score (nSPS) is 11.9. The number of hydrogen-bond acceptors (Lipinski definition) is 0. The van der Waals surface area contributed by atoms with E-state index in [1.807, 2.05) is 6.07 Å². The Balaban J connectivity index is 3.45. The molecule has 0 saturated heterocycles. The molecular formula is C12H17Br2FSi. The molecule has 0 saturated carbocycles. The average Bonchev–Trinajstić information content (AvgIpc) is 2.30. The minimum absolute atomic E-state index is 0.0633. The van der Waals surface area contributed by atoms with Crippen molar-refractivity contribution < 1.29 is 4.39 Å². The van der Waals surface area contributed by atoms with E-state index in [2.05, 4.69) is 52.6 Å². The summed E-state index contributed by atoms with van der Waals surface area (Å²) in [6.07, 6.45) is 0. The van der Waals surface area contributed by atoms with Crippen molar-refractivity contribution in [3.63, 3.8) is 0 Å². The number of rotatable bonds is 4. The molecule has 0 amide bonds. The summed E-state index contributed by atoms with van der Waals surface area (Å²) < 4.78 is 15.8. The minimum atomic E-state index is -1.67. The van der Waals surface area contributed by atoms with E-state index >= 15 is 0 Å². The van der Waals surface area contributed by atoms with Crippen molar-refractivity contribution in [2.45, 2.75) is 38.9 Å². The van der Waals surface area contributed by atoms with Crippen molar-refractivity contribution in [2.24, 2.45) is 0 Å². The van der Waals surface area contributed by atoms with Crippen LogP contribution in [0.25, 0.3) is 0 Å². The van der Waals surface area contributed by atoms with Crippen LogP contribution in [-0.2, 0) is 0 Å². The molecule has 0 N–H and O–H groups in total. The molecule has 0 atom stereocenters. The van der Waals surface area contributed by atoms with Crippen LogP contribution in [-0.4, -0.2) is 8.07 Å². The molecule has 0 radical (unpaired) electrons. The fourth-order valence-corrected chi connectivity index (χ4v) is 8.13. The first-order valence-corrected chi connectivity index (χ1v) is 9.87. The molecule has 4 heteroatoms. The summed E-state index contributed by atoms with van der Waals surface area (Å²) >= 11 is 6.80. The van der Waals surface area contributed by atoms with Crippen molar-refractivity contribution >= 4 is 45.1 Å². The third-order valence-corrected chi connectivity index (χ3v) is 10.9. The molecule has 90 valence electrons. The van der Waals surface area contributed by atoms with Crippen molar-refractivity contribution in [1.82, 2.24) is 0 Å². The van der Waals surface area contributed by atoms with Gasteiger partial charge in [0.05, 0.1) is 12.5 Å². The second kappa shape index (κ2) is 5.78. The van der Waals surface area contributed by atoms with Gasteiger partial charge in [0.15, 0.2) is 0 Å². The van der Waals surface area contributed by atoms with Crippen LogP contribution >= 0.6 is 31.9 Å². The van der Waals surface area contributed by atoms with Crippen LogP contribution in [0.3, 0.4) is 0 Å². The maximum Gasteiger partial charge on any atom is 0.137 e. The first kappa shape index (κ1) is 14.4. The Morgan fingerprint density at radius 1 is 1.00 bits per heavy atom. The lowest BCUT2D eigenvalue weighted by atomic mass is 10.3. The van der Waals surface area contributed by atoms with Crippen LogP contribution in [0.1, 0.15) is 20.8 Å². The molecule has 0 aromatic heterocycles. The summed E-state index contributed by atoms with van der Waals surface area (Å²) in [5.74, 6) is -0.0633. The predicted octanol–water partition coefficient (Wildman–Crippen LogP) is 5.07. The van der Waals surface area contributed by atoms with Gasteiger partial charge >= 0.3 is 0 Å². The van der Waals surface area contributed by atoms with Gasteiger partial charge in [0, 0.05) is 4.47 Å². The molecule has 0 heterocycles. The Hall–Kier alpha value is 0.327. The maximum absolute atomic E-state index is 14.3. The summed E-state index contributed by atoms with van der Waals surface area (Å²) in [6.45, 7) is 6.56. The summed E-state index contributed by atoms with van der Waals surface area (Å²) in [4.78, 5) is 0. The van der Waals surface area contributed by atoms with E-state index < -0.39 is 8.07 Å². The summed E-state index contributed by atoms with van der Waals surface area (Å²) in [7, 11) is -1.67. The van der Waals surface area contributed by atoms with E-state index in [-0.39, 0.29) is 5.82 Å². The maximum atomic E-state index is 14.3. The molecule has 0 aliphatic carbocycles. The van der Waals surface area contributed by atoms with Crippen molar-refractivity contribution in [1.29, 1.82) is 0 Å². The second-order valence-corrected chi connectivity index (χ2v) is 10.9. The topological polar surface area (TPSA) is 0 Å². The van der Waals surface area contributed by atoms with E-state index in [4.69, 9.17) is 0 Å². The molecule has 1 aromatic rings. The summed E-state index contributed by atoms with van der Waals surface area (Å²) in [5.41, 5.74) is 0. The second-order valence-electron chi connectivity index (χ2n) is 4.06. The molecule has 0 unspecified atom stereocenters. The number of benzene rings is 1. The zero-order chi connectivity index (χ0) is 12.3. The van der Waals surface area contributed by atoms with Gasteiger partial charge in [0.2, 0.25) is 0 Å². The number of hydrogen-bond donors (Lipinski definition) is 0. The molecule has 0 spiro atoms. The third-order valence-electron chi connectivity index (χ3n) is 3.60. The minimum Gasteiger partial charge on any atom is -0.206 e. The van der Waals surface area contributed by atoms with E-state index in [9.17, 15) is 4.39 Å². The van der Waals surface area contributed by atoms with Crippen LogP contribution in [0.2, 0.25) is 18.1 Å². The lowest BCUT2D eigenvalue weighted by Gasteiger charge is -2.30. The van der Waals surface area contributed by atoms with Gasteiger partial charge in [0.25, 0.3) is 0 Å². The van der Waals surface area contributed by atoms with Gasteiger partial charge in [-0.05, 0) is 33.2 Å². The highest BCUT2D eigenvalue weighted by molar-refractivity contribution is 9.11. The molecule has 1 aromatic carbocycles. The molecular weight excluding hydrogens is 351 g/mol. The highest BCUT2D eigenvalue weighted by atomic mass is 79.9. The van der Waals surface area contributed by atoms with Crippen LogP contribution in [0.15, 0.2) is 21.1 Å². The molecule has 0 aliphatic rings. The van der Waals surface area contributed by atoms with Gasteiger partial charge in [-0.15, -0.1) is 0 Å². The first-order chi connectivity index (χ1) is 7.52.